The van der Waals surface area contributed by atoms with Crippen molar-refractivity contribution in [3.05, 3.63) is 29.3 Å². The molecule has 0 bridgehead atoms. The molecule has 0 aliphatic rings. The van der Waals surface area contributed by atoms with E-state index in [-0.39, 0.29) is 25.7 Å². The topological polar surface area (TPSA) is 119 Å². The average molecular weight is 266 g/mol. The lowest BCUT2D eigenvalue weighted by molar-refractivity contribution is -0.122. The summed E-state index contributed by atoms with van der Waals surface area (Å²) < 4.78 is 4.93. The predicted octanol–water partition coefficient (Wildman–Crippen LogP) is -0.488. The van der Waals surface area contributed by atoms with E-state index in [1.165, 1.54) is 0 Å². The first-order chi connectivity index (χ1) is 9.04. The normalized spacial score (nSPS) is 10.0. The Kier molecular flexibility index (Phi) is 5.77. The van der Waals surface area contributed by atoms with Crippen molar-refractivity contribution in [3.8, 4) is 0 Å². The second-order valence-electron chi connectivity index (χ2n) is 3.97. The smallest absolute Gasteiger partial charge is 0.253 e. The van der Waals surface area contributed by atoms with Crippen LogP contribution in [0, 0.1) is 6.92 Å². The van der Waals surface area contributed by atoms with Crippen LogP contribution in [-0.2, 0) is 9.53 Å². The predicted molar refractivity (Wildman–Crippen MR) is 71.3 cm³/mol. The largest absolute Gasteiger partial charge is 0.370 e. The second-order valence-corrected chi connectivity index (χ2v) is 3.97. The maximum Gasteiger partial charge on any atom is 0.253 e. The molecule has 104 valence electrons. The van der Waals surface area contributed by atoms with Gasteiger partial charge in [-0.25, -0.2) is 0 Å². The Labute approximate surface area is 111 Å². The fourth-order valence-corrected chi connectivity index (χ4v) is 1.48. The summed E-state index contributed by atoms with van der Waals surface area (Å²) in [6.45, 7) is 2.22. The lowest BCUT2D eigenvalue weighted by Gasteiger charge is -2.10. The molecule has 0 fully saturated rings. The Morgan fingerprint density at radius 3 is 2.74 bits per heavy atom. The molecule has 0 saturated carbocycles. The Morgan fingerprint density at radius 2 is 2.11 bits per heavy atom. The molecule has 0 atom stereocenters. The Bertz CT molecular complexity index is 462. The number of carbonyl (C=O) groups is 2. The molecule has 19 heavy (non-hydrogen) atoms. The van der Waals surface area contributed by atoms with Crippen LogP contribution in [0.2, 0.25) is 0 Å². The molecule has 0 aliphatic heterocycles. The molecule has 1 aromatic carbocycles. The highest BCUT2D eigenvalue weighted by molar-refractivity contribution is 5.99. The number of amides is 2. The number of nitrogens with one attached hydrogen (secondary N) is 2. The molecule has 0 heterocycles. The van der Waals surface area contributed by atoms with Crippen molar-refractivity contribution >= 4 is 17.5 Å². The molecule has 0 spiro atoms. The summed E-state index contributed by atoms with van der Waals surface area (Å²) in [6, 6.07) is 5.31. The van der Waals surface area contributed by atoms with Crippen LogP contribution >= 0.6 is 0 Å². The molecule has 7 nitrogen and oxygen atoms in total. The summed E-state index contributed by atoms with van der Waals surface area (Å²) in [5, 5.41) is 2.66. The Morgan fingerprint density at radius 1 is 1.37 bits per heavy atom. The summed E-state index contributed by atoms with van der Waals surface area (Å²) in [7, 11) is 0. The zero-order valence-corrected chi connectivity index (χ0v) is 10.7. The molecule has 0 aliphatic carbocycles. The van der Waals surface area contributed by atoms with Crippen LogP contribution in [0.25, 0.3) is 0 Å². The van der Waals surface area contributed by atoms with Gasteiger partial charge in [0.15, 0.2) is 0 Å². The monoisotopic (exact) mass is 266 g/mol. The van der Waals surface area contributed by atoms with Crippen molar-refractivity contribution in [1.29, 1.82) is 0 Å². The molecular weight excluding hydrogens is 248 g/mol. The van der Waals surface area contributed by atoms with Gasteiger partial charge in [0, 0.05) is 6.54 Å². The quantitative estimate of drug-likeness (QED) is 0.302. The minimum atomic E-state index is -0.542. The number of primary amides is 1. The summed E-state index contributed by atoms with van der Waals surface area (Å²) in [5.41, 5.74) is 9.33. The SMILES string of the molecule is Cc1ccc(NN)c(C(=O)NCCOCC(N)=O)c1. The molecule has 6 N–H and O–H groups in total. The van der Waals surface area contributed by atoms with Crippen molar-refractivity contribution in [1.82, 2.24) is 5.32 Å². The first-order valence-electron chi connectivity index (χ1n) is 5.76. The van der Waals surface area contributed by atoms with Crippen LogP contribution in [-0.4, -0.2) is 31.6 Å². The molecule has 0 radical (unpaired) electrons. The third-order valence-electron chi connectivity index (χ3n) is 2.35. The summed E-state index contributed by atoms with van der Waals surface area (Å²) in [6.07, 6.45) is 0. The van der Waals surface area contributed by atoms with Crippen LogP contribution in [0.3, 0.4) is 0 Å². The third-order valence-corrected chi connectivity index (χ3v) is 2.35. The number of anilines is 1. The van der Waals surface area contributed by atoms with Crippen molar-refractivity contribution in [2.24, 2.45) is 11.6 Å². The van der Waals surface area contributed by atoms with E-state index in [1.54, 1.807) is 12.1 Å². The summed E-state index contributed by atoms with van der Waals surface area (Å²) in [5.74, 6) is 4.54. The zero-order chi connectivity index (χ0) is 14.3. The molecule has 7 heteroatoms. The van der Waals surface area contributed by atoms with E-state index in [4.69, 9.17) is 16.3 Å². The first-order valence-corrected chi connectivity index (χ1v) is 5.76. The van der Waals surface area contributed by atoms with E-state index in [1.807, 2.05) is 13.0 Å². The number of hydrogen-bond acceptors (Lipinski definition) is 5. The van der Waals surface area contributed by atoms with Crippen LogP contribution in [0.4, 0.5) is 5.69 Å². The average Bonchev–Trinajstić information content (AvgIpc) is 2.37. The van der Waals surface area contributed by atoms with Crippen molar-refractivity contribution in [2.75, 3.05) is 25.2 Å². The number of benzene rings is 1. The minimum Gasteiger partial charge on any atom is -0.370 e. The van der Waals surface area contributed by atoms with Crippen LogP contribution in [0.15, 0.2) is 18.2 Å². The van der Waals surface area contributed by atoms with E-state index in [0.717, 1.165) is 5.56 Å². The van der Waals surface area contributed by atoms with Gasteiger partial charge in [-0.3, -0.25) is 15.4 Å². The molecule has 2 amide bonds. The number of hydrogen-bond donors (Lipinski definition) is 4. The van der Waals surface area contributed by atoms with Gasteiger partial charge in [0.2, 0.25) is 5.91 Å². The van der Waals surface area contributed by atoms with E-state index >= 15 is 0 Å². The molecule has 0 saturated heterocycles. The summed E-state index contributed by atoms with van der Waals surface area (Å²) in [4.78, 5) is 22.3. The maximum atomic E-state index is 11.9. The molecule has 0 unspecified atom stereocenters. The molecule has 0 aromatic heterocycles. The van der Waals surface area contributed by atoms with Gasteiger partial charge in [-0.05, 0) is 19.1 Å². The lowest BCUT2D eigenvalue weighted by Crippen LogP contribution is -2.29. The van der Waals surface area contributed by atoms with Gasteiger partial charge in [-0.15, -0.1) is 0 Å². The van der Waals surface area contributed by atoms with Crippen molar-refractivity contribution in [2.45, 2.75) is 6.92 Å². The van der Waals surface area contributed by atoms with Crippen LogP contribution < -0.4 is 22.3 Å². The molecule has 1 aromatic rings. The Hall–Kier alpha value is -2.12. The van der Waals surface area contributed by atoms with Gasteiger partial charge in [-0.1, -0.05) is 11.6 Å². The standard InChI is InChI=1S/C12H18N4O3/c1-8-2-3-10(16-14)9(6-8)12(18)15-4-5-19-7-11(13)17/h2-3,6,16H,4-5,7,14H2,1H3,(H2,13,17)(H,15,18). The number of carbonyl (C=O) groups excluding carboxylic acids is 2. The van der Waals surface area contributed by atoms with E-state index in [9.17, 15) is 9.59 Å². The highest BCUT2D eigenvalue weighted by atomic mass is 16.5. The summed E-state index contributed by atoms with van der Waals surface area (Å²) >= 11 is 0. The van der Waals surface area contributed by atoms with Gasteiger partial charge in [0.25, 0.3) is 5.91 Å². The number of rotatable bonds is 7. The van der Waals surface area contributed by atoms with Gasteiger partial charge in [0.1, 0.15) is 6.61 Å². The molecular formula is C12H18N4O3. The highest BCUT2D eigenvalue weighted by Crippen LogP contribution is 2.15. The number of ether oxygens (including phenoxy) is 1. The number of aryl methyl sites for hydroxylation is 1. The fourth-order valence-electron chi connectivity index (χ4n) is 1.48. The second kappa shape index (κ2) is 7.34. The van der Waals surface area contributed by atoms with Crippen LogP contribution in [0.1, 0.15) is 15.9 Å². The minimum absolute atomic E-state index is 0.157. The van der Waals surface area contributed by atoms with Gasteiger partial charge >= 0.3 is 0 Å². The van der Waals surface area contributed by atoms with Gasteiger partial charge < -0.3 is 21.2 Å². The van der Waals surface area contributed by atoms with E-state index in [2.05, 4.69) is 10.7 Å². The number of hydrazine groups is 1. The van der Waals surface area contributed by atoms with E-state index < -0.39 is 5.91 Å². The van der Waals surface area contributed by atoms with Gasteiger partial charge in [0.05, 0.1) is 17.9 Å². The maximum absolute atomic E-state index is 11.9. The number of nitrogen functional groups attached to an aromatic ring is 1. The third kappa shape index (κ3) is 4.94. The highest BCUT2D eigenvalue weighted by Gasteiger charge is 2.10. The van der Waals surface area contributed by atoms with Crippen LogP contribution in [0.5, 0.6) is 0 Å². The molecule has 1 rings (SSSR count). The zero-order valence-electron chi connectivity index (χ0n) is 10.7. The lowest BCUT2D eigenvalue weighted by atomic mass is 10.1. The Balaban J connectivity index is 2.49. The fraction of sp³-hybridized carbons (Fsp3) is 0.333. The van der Waals surface area contributed by atoms with E-state index in [0.29, 0.717) is 11.3 Å². The van der Waals surface area contributed by atoms with Crippen molar-refractivity contribution in [3.63, 3.8) is 0 Å². The van der Waals surface area contributed by atoms with Gasteiger partial charge in [-0.2, -0.15) is 0 Å². The van der Waals surface area contributed by atoms with Crippen molar-refractivity contribution < 1.29 is 14.3 Å². The number of nitrogens with two attached hydrogens (primary N) is 2. The first kappa shape index (κ1) is 14.9.